The van der Waals surface area contributed by atoms with Crippen LogP contribution in [0.25, 0.3) is 16.7 Å². The standard InChI is InChI=1S/C22H20F3N5O2/c23-22(24,25)15-6-7-18-17(11-15)29-20(27-8-1-9-31)21-28-12-16(30(18)21)10-13-2-4-14(5-3-13)19(26)32/h2-7,11-12,31H,1,8-10H2,(H2,26,32)(H,27,29). The highest BCUT2D eigenvalue weighted by atomic mass is 19.4. The fraction of sp³-hybridized carbons (Fsp3) is 0.227. The van der Waals surface area contributed by atoms with Gasteiger partial charge in [-0.1, -0.05) is 12.1 Å². The lowest BCUT2D eigenvalue weighted by atomic mass is 10.1. The van der Waals surface area contributed by atoms with E-state index < -0.39 is 17.6 Å². The number of anilines is 1. The summed E-state index contributed by atoms with van der Waals surface area (Å²) in [5.74, 6) is -0.192. The highest BCUT2D eigenvalue weighted by Gasteiger charge is 2.31. The van der Waals surface area contributed by atoms with Gasteiger partial charge in [-0.2, -0.15) is 13.2 Å². The summed E-state index contributed by atoms with van der Waals surface area (Å²) in [6, 6.07) is 10.2. The number of aliphatic hydroxyl groups is 1. The molecule has 0 saturated carbocycles. The Bertz CT molecular complexity index is 1280. The number of imidazole rings is 1. The number of amides is 1. The van der Waals surface area contributed by atoms with Crippen LogP contribution in [0.3, 0.4) is 0 Å². The molecule has 0 aliphatic heterocycles. The Morgan fingerprint density at radius 3 is 2.56 bits per heavy atom. The monoisotopic (exact) mass is 443 g/mol. The van der Waals surface area contributed by atoms with Crippen molar-refractivity contribution in [3.05, 3.63) is 71.0 Å². The average molecular weight is 443 g/mol. The normalized spacial score (nSPS) is 11.9. The van der Waals surface area contributed by atoms with Gasteiger partial charge in [-0.05, 0) is 42.3 Å². The van der Waals surface area contributed by atoms with Crippen molar-refractivity contribution >= 4 is 28.4 Å². The SMILES string of the molecule is NC(=O)c1ccc(Cc2cnc3c(NCCCO)nc4cc(C(F)(F)F)ccc4n23)cc1. The zero-order chi connectivity index (χ0) is 22.9. The minimum atomic E-state index is -4.49. The van der Waals surface area contributed by atoms with Crippen molar-refractivity contribution < 1.29 is 23.1 Å². The van der Waals surface area contributed by atoms with Crippen molar-refractivity contribution in [3.63, 3.8) is 0 Å². The van der Waals surface area contributed by atoms with Gasteiger partial charge in [0, 0.05) is 37.0 Å². The van der Waals surface area contributed by atoms with E-state index in [0.717, 1.165) is 23.4 Å². The number of nitrogens with zero attached hydrogens (tertiary/aromatic N) is 3. The van der Waals surface area contributed by atoms with Gasteiger partial charge >= 0.3 is 6.18 Å². The first-order valence-corrected chi connectivity index (χ1v) is 9.88. The molecule has 0 saturated heterocycles. The molecule has 2 aromatic heterocycles. The van der Waals surface area contributed by atoms with Crippen LogP contribution in [0.4, 0.5) is 19.0 Å². The second-order valence-electron chi connectivity index (χ2n) is 7.31. The van der Waals surface area contributed by atoms with E-state index in [2.05, 4.69) is 15.3 Å². The Kier molecular flexibility index (Phi) is 5.70. The number of benzene rings is 2. The van der Waals surface area contributed by atoms with Crippen LogP contribution in [0.2, 0.25) is 0 Å². The van der Waals surface area contributed by atoms with Gasteiger partial charge in [0.1, 0.15) is 0 Å². The largest absolute Gasteiger partial charge is 0.416 e. The summed E-state index contributed by atoms with van der Waals surface area (Å²) in [5.41, 5.74) is 7.63. The maximum absolute atomic E-state index is 13.3. The van der Waals surface area contributed by atoms with Gasteiger partial charge in [0.2, 0.25) is 5.91 Å². The summed E-state index contributed by atoms with van der Waals surface area (Å²) in [6.07, 6.45) is -1.97. The molecule has 0 aliphatic carbocycles. The van der Waals surface area contributed by atoms with E-state index in [1.165, 1.54) is 6.07 Å². The molecule has 166 valence electrons. The van der Waals surface area contributed by atoms with Crippen molar-refractivity contribution in [2.45, 2.75) is 19.0 Å². The van der Waals surface area contributed by atoms with Crippen LogP contribution in [-0.2, 0) is 12.6 Å². The molecule has 0 aliphatic rings. The summed E-state index contributed by atoms with van der Waals surface area (Å²) in [4.78, 5) is 20.1. The smallest absolute Gasteiger partial charge is 0.396 e. The molecular formula is C22H20F3N5O2. The number of alkyl halides is 3. The molecule has 0 spiro atoms. The van der Waals surface area contributed by atoms with Crippen molar-refractivity contribution in [2.24, 2.45) is 5.73 Å². The molecule has 0 radical (unpaired) electrons. The predicted molar refractivity (Wildman–Crippen MR) is 113 cm³/mol. The van der Waals surface area contributed by atoms with Gasteiger partial charge in [0.05, 0.1) is 16.6 Å². The number of nitrogens with one attached hydrogen (secondary N) is 1. The van der Waals surface area contributed by atoms with E-state index in [1.807, 2.05) is 0 Å². The fourth-order valence-corrected chi connectivity index (χ4v) is 3.50. The van der Waals surface area contributed by atoms with Gasteiger partial charge in [-0.15, -0.1) is 0 Å². The molecule has 0 fully saturated rings. The summed E-state index contributed by atoms with van der Waals surface area (Å²) in [6.45, 7) is 0.358. The van der Waals surface area contributed by atoms with Gasteiger partial charge < -0.3 is 16.2 Å². The number of carbonyl (C=O) groups is 1. The lowest BCUT2D eigenvalue weighted by Gasteiger charge is -2.13. The summed E-state index contributed by atoms with van der Waals surface area (Å²) in [7, 11) is 0. The van der Waals surface area contributed by atoms with E-state index in [0.29, 0.717) is 41.9 Å². The van der Waals surface area contributed by atoms with E-state index in [-0.39, 0.29) is 12.1 Å². The lowest BCUT2D eigenvalue weighted by molar-refractivity contribution is -0.137. The van der Waals surface area contributed by atoms with Crippen molar-refractivity contribution in [2.75, 3.05) is 18.5 Å². The number of nitrogens with two attached hydrogens (primary N) is 1. The molecule has 4 N–H and O–H groups in total. The molecule has 4 rings (SSSR count). The van der Waals surface area contributed by atoms with Gasteiger partial charge in [-0.25, -0.2) is 9.97 Å². The fourth-order valence-electron chi connectivity index (χ4n) is 3.50. The number of aliphatic hydroxyl groups excluding tert-OH is 1. The molecule has 0 atom stereocenters. The number of carbonyl (C=O) groups excluding carboxylic acids is 1. The molecule has 7 nitrogen and oxygen atoms in total. The van der Waals surface area contributed by atoms with E-state index in [1.54, 1.807) is 34.9 Å². The molecule has 32 heavy (non-hydrogen) atoms. The Morgan fingerprint density at radius 1 is 1.16 bits per heavy atom. The van der Waals surface area contributed by atoms with Crippen LogP contribution in [0.15, 0.2) is 48.7 Å². The molecule has 10 heteroatoms. The Balaban J connectivity index is 1.83. The van der Waals surface area contributed by atoms with Crippen molar-refractivity contribution in [1.82, 2.24) is 14.4 Å². The second kappa shape index (κ2) is 8.46. The average Bonchev–Trinajstić information content (AvgIpc) is 3.17. The number of halogens is 3. The van der Waals surface area contributed by atoms with Crippen molar-refractivity contribution in [3.8, 4) is 0 Å². The topological polar surface area (TPSA) is 106 Å². The highest BCUT2D eigenvalue weighted by Crippen LogP contribution is 2.32. The van der Waals surface area contributed by atoms with Crippen LogP contribution in [0.1, 0.15) is 33.6 Å². The van der Waals surface area contributed by atoms with Gasteiger partial charge in [0.15, 0.2) is 11.5 Å². The van der Waals surface area contributed by atoms with E-state index in [4.69, 9.17) is 10.8 Å². The van der Waals surface area contributed by atoms with E-state index in [9.17, 15) is 18.0 Å². The van der Waals surface area contributed by atoms with Crippen molar-refractivity contribution in [1.29, 1.82) is 0 Å². The summed E-state index contributed by atoms with van der Waals surface area (Å²) < 4.78 is 41.5. The van der Waals surface area contributed by atoms with Gasteiger partial charge in [-0.3, -0.25) is 9.20 Å². The van der Waals surface area contributed by atoms with Crippen LogP contribution < -0.4 is 11.1 Å². The Hall–Kier alpha value is -3.66. The Labute approximate surface area is 180 Å². The molecule has 4 aromatic rings. The number of hydrogen-bond donors (Lipinski definition) is 3. The highest BCUT2D eigenvalue weighted by molar-refractivity contribution is 5.92. The molecule has 1 amide bonds. The number of hydrogen-bond acceptors (Lipinski definition) is 5. The molecule has 0 unspecified atom stereocenters. The summed E-state index contributed by atoms with van der Waals surface area (Å²) >= 11 is 0. The predicted octanol–water partition coefficient (Wildman–Crippen LogP) is 3.39. The van der Waals surface area contributed by atoms with Gasteiger partial charge in [0.25, 0.3) is 0 Å². The zero-order valence-electron chi connectivity index (χ0n) is 16.9. The minimum Gasteiger partial charge on any atom is -0.396 e. The third-order valence-electron chi connectivity index (χ3n) is 5.07. The van der Waals surface area contributed by atoms with Crippen LogP contribution in [0, 0.1) is 0 Å². The number of fused-ring (bicyclic) bond motifs is 3. The first-order chi connectivity index (χ1) is 15.3. The molecule has 0 bridgehead atoms. The molecule has 2 aromatic carbocycles. The lowest BCUT2D eigenvalue weighted by Crippen LogP contribution is -2.11. The zero-order valence-corrected chi connectivity index (χ0v) is 16.9. The molecular weight excluding hydrogens is 423 g/mol. The number of rotatable bonds is 7. The van der Waals surface area contributed by atoms with E-state index >= 15 is 0 Å². The van der Waals surface area contributed by atoms with Crippen LogP contribution in [0.5, 0.6) is 0 Å². The Morgan fingerprint density at radius 2 is 1.91 bits per heavy atom. The number of primary amides is 1. The third kappa shape index (κ3) is 4.22. The van der Waals surface area contributed by atoms with Crippen LogP contribution in [-0.4, -0.2) is 38.5 Å². The minimum absolute atomic E-state index is 0.0317. The second-order valence-corrected chi connectivity index (χ2v) is 7.31. The third-order valence-corrected chi connectivity index (χ3v) is 5.07. The van der Waals surface area contributed by atoms with Crippen LogP contribution >= 0.6 is 0 Å². The maximum atomic E-state index is 13.3. The summed E-state index contributed by atoms with van der Waals surface area (Å²) in [5, 5.41) is 12.1. The first-order valence-electron chi connectivity index (χ1n) is 9.88. The maximum Gasteiger partial charge on any atom is 0.416 e. The molecule has 2 heterocycles. The first kappa shape index (κ1) is 21.6. The quantitative estimate of drug-likeness (QED) is 0.380. The number of aromatic nitrogens is 3.